The van der Waals surface area contributed by atoms with Gasteiger partial charge in [0.2, 0.25) is 0 Å². The third-order valence-corrected chi connectivity index (χ3v) is 3.65. The van der Waals surface area contributed by atoms with Gasteiger partial charge in [-0.1, -0.05) is 29.8 Å². The van der Waals surface area contributed by atoms with E-state index in [0.717, 1.165) is 11.1 Å². The van der Waals surface area contributed by atoms with Crippen LogP contribution in [-0.2, 0) is 0 Å². The molecule has 0 aliphatic heterocycles. The molecule has 2 unspecified atom stereocenters. The summed E-state index contributed by atoms with van der Waals surface area (Å²) < 4.78 is 19.8. The lowest BCUT2D eigenvalue weighted by atomic mass is 10.0. The molecule has 0 radical (unpaired) electrons. The zero-order valence-corrected chi connectivity index (χ0v) is 13.0. The maximum Gasteiger partial charge on any atom is 0.141 e. The maximum absolute atomic E-state index is 13.5. The van der Waals surface area contributed by atoms with Crippen LogP contribution >= 0.6 is 15.9 Å². The topological polar surface area (TPSA) is 35.2 Å². The Kier molecular flexibility index (Phi) is 4.78. The zero-order chi connectivity index (χ0) is 14.7. The minimum atomic E-state index is -0.352. The van der Waals surface area contributed by atoms with Gasteiger partial charge in [-0.3, -0.25) is 0 Å². The van der Waals surface area contributed by atoms with Crippen molar-refractivity contribution in [1.82, 2.24) is 0 Å². The van der Waals surface area contributed by atoms with E-state index in [1.165, 1.54) is 6.07 Å². The number of halogens is 2. The van der Waals surface area contributed by atoms with Gasteiger partial charge in [-0.15, -0.1) is 0 Å². The summed E-state index contributed by atoms with van der Waals surface area (Å²) in [5, 5.41) is 0. The van der Waals surface area contributed by atoms with Gasteiger partial charge in [0.25, 0.3) is 0 Å². The van der Waals surface area contributed by atoms with E-state index in [2.05, 4.69) is 15.9 Å². The van der Waals surface area contributed by atoms with Crippen molar-refractivity contribution in [2.45, 2.75) is 26.0 Å². The van der Waals surface area contributed by atoms with E-state index in [0.29, 0.717) is 10.2 Å². The molecule has 2 rings (SSSR count). The van der Waals surface area contributed by atoms with Crippen LogP contribution in [-0.4, -0.2) is 6.04 Å². The van der Waals surface area contributed by atoms with Crippen molar-refractivity contribution < 1.29 is 9.13 Å². The molecule has 0 saturated heterocycles. The van der Waals surface area contributed by atoms with Gasteiger partial charge < -0.3 is 10.5 Å². The Bertz CT molecular complexity index is 601. The average molecular weight is 338 g/mol. The molecular weight excluding hydrogens is 321 g/mol. The minimum absolute atomic E-state index is 0.205. The lowest BCUT2D eigenvalue weighted by Crippen LogP contribution is -2.29. The van der Waals surface area contributed by atoms with Crippen molar-refractivity contribution in [3.63, 3.8) is 0 Å². The molecule has 2 aromatic rings. The molecule has 0 spiro atoms. The van der Waals surface area contributed by atoms with E-state index in [1.807, 2.05) is 38.1 Å². The van der Waals surface area contributed by atoms with E-state index < -0.39 is 0 Å². The summed E-state index contributed by atoms with van der Waals surface area (Å²) in [6.07, 6.45) is -0.310. The van der Waals surface area contributed by atoms with Crippen molar-refractivity contribution in [3.8, 4) is 5.75 Å². The van der Waals surface area contributed by atoms with Gasteiger partial charge in [-0.05, 0) is 47.5 Å². The number of rotatable bonds is 4. The van der Waals surface area contributed by atoms with Gasteiger partial charge in [0, 0.05) is 12.1 Å². The molecule has 2 aromatic carbocycles. The Hall–Kier alpha value is -1.39. The van der Waals surface area contributed by atoms with Gasteiger partial charge in [-0.25, -0.2) is 4.39 Å². The van der Waals surface area contributed by atoms with E-state index in [9.17, 15) is 4.39 Å². The Labute approximate surface area is 126 Å². The third-order valence-electron chi connectivity index (χ3n) is 3.00. The van der Waals surface area contributed by atoms with Crippen LogP contribution in [0.2, 0.25) is 0 Å². The predicted octanol–water partition coefficient (Wildman–Crippen LogP) is 4.36. The van der Waals surface area contributed by atoms with Crippen LogP contribution in [0, 0.1) is 12.7 Å². The first-order chi connectivity index (χ1) is 9.47. The van der Waals surface area contributed by atoms with Gasteiger partial charge in [0.15, 0.2) is 0 Å². The van der Waals surface area contributed by atoms with Crippen molar-refractivity contribution in [1.29, 1.82) is 0 Å². The molecule has 20 heavy (non-hydrogen) atoms. The first kappa shape index (κ1) is 15.0. The highest BCUT2D eigenvalue weighted by molar-refractivity contribution is 9.10. The largest absolute Gasteiger partial charge is 0.484 e. The van der Waals surface area contributed by atoms with Gasteiger partial charge >= 0.3 is 0 Å². The molecule has 2 nitrogen and oxygen atoms in total. The molecule has 0 aliphatic rings. The lowest BCUT2D eigenvalue weighted by Gasteiger charge is -2.23. The molecule has 0 heterocycles. The van der Waals surface area contributed by atoms with E-state index in [1.54, 1.807) is 12.1 Å². The third kappa shape index (κ3) is 3.58. The quantitative estimate of drug-likeness (QED) is 0.899. The fourth-order valence-electron chi connectivity index (χ4n) is 2.02. The monoisotopic (exact) mass is 337 g/mol. The molecule has 2 atom stereocenters. The summed E-state index contributed by atoms with van der Waals surface area (Å²) >= 11 is 3.12. The maximum atomic E-state index is 13.5. The summed E-state index contributed by atoms with van der Waals surface area (Å²) in [7, 11) is 0. The van der Waals surface area contributed by atoms with Crippen LogP contribution in [0.4, 0.5) is 4.39 Å². The van der Waals surface area contributed by atoms with Gasteiger partial charge in [-0.2, -0.15) is 0 Å². The summed E-state index contributed by atoms with van der Waals surface area (Å²) in [6.45, 7) is 3.89. The van der Waals surface area contributed by atoms with Crippen molar-refractivity contribution in [3.05, 3.63) is 63.9 Å². The average Bonchev–Trinajstić information content (AvgIpc) is 2.39. The number of nitrogens with two attached hydrogens (primary N) is 1. The molecule has 2 N–H and O–H groups in total. The zero-order valence-electron chi connectivity index (χ0n) is 11.4. The fraction of sp³-hybridized carbons (Fsp3) is 0.250. The summed E-state index contributed by atoms with van der Waals surface area (Å²) in [5.41, 5.74) is 8.13. The highest BCUT2D eigenvalue weighted by Gasteiger charge is 2.18. The van der Waals surface area contributed by atoms with Gasteiger partial charge in [0.05, 0.1) is 4.47 Å². The molecular formula is C16H17BrFNO. The molecule has 0 aliphatic carbocycles. The SMILES string of the molecule is Cc1cccc(C(Oc2ccc(Br)c(F)c2)C(C)N)c1. The smallest absolute Gasteiger partial charge is 0.141 e. The normalized spacial score (nSPS) is 13.8. The van der Waals surface area contributed by atoms with E-state index >= 15 is 0 Å². The Balaban J connectivity index is 2.28. The second-order valence-corrected chi connectivity index (χ2v) is 5.74. The van der Waals surface area contributed by atoms with Crippen LogP contribution in [0.25, 0.3) is 0 Å². The minimum Gasteiger partial charge on any atom is -0.484 e. The second-order valence-electron chi connectivity index (χ2n) is 4.89. The number of benzene rings is 2. The first-order valence-corrected chi connectivity index (χ1v) is 7.20. The van der Waals surface area contributed by atoms with Gasteiger partial charge in [0.1, 0.15) is 17.7 Å². The van der Waals surface area contributed by atoms with Crippen LogP contribution in [0.5, 0.6) is 5.75 Å². The van der Waals surface area contributed by atoms with E-state index in [4.69, 9.17) is 10.5 Å². The Morgan fingerprint density at radius 2 is 1.95 bits per heavy atom. The highest BCUT2D eigenvalue weighted by atomic mass is 79.9. The predicted molar refractivity (Wildman–Crippen MR) is 82.3 cm³/mol. The lowest BCUT2D eigenvalue weighted by molar-refractivity contribution is 0.179. The molecule has 4 heteroatoms. The fourth-order valence-corrected chi connectivity index (χ4v) is 2.27. The molecule has 0 amide bonds. The first-order valence-electron chi connectivity index (χ1n) is 6.41. The number of hydrogen-bond donors (Lipinski definition) is 1. The number of hydrogen-bond acceptors (Lipinski definition) is 2. The van der Waals surface area contributed by atoms with Crippen molar-refractivity contribution >= 4 is 15.9 Å². The molecule has 0 bridgehead atoms. The van der Waals surface area contributed by atoms with Crippen molar-refractivity contribution in [2.75, 3.05) is 0 Å². The summed E-state index contributed by atoms with van der Waals surface area (Å²) in [6, 6.07) is 12.5. The molecule has 106 valence electrons. The number of aryl methyl sites for hydroxylation is 1. The Morgan fingerprint density at radius 1 is 1.20 bits per heavy atom. The van der Waals surface area contributed by atoms with Crippen LogP contribution in [0.15, 0.2) is 46.9 Å². The van der Waals surface area contributed by atoms with Crippen LogP contribution < -0.4 is 10.5 Å². The summed E-state index contributed by atoms with van der Waals surface area (Å²) in [5.74, 6) is 0.115. The van der Waals surface area contributed by atoms with Crippen molar-refractivity contribution in [2.24, 2.45) is 5.73 Å². The summed E-state index contributed by atoms with van der Waals surface area (Å²) in [4.78, 5) is 0. The standard InChI is InChI=1S/C16H17BrFNO/c1-10-4-3-5-12(8-10)16(11(2)19)20-13-6-7-14(17)15(18)9-13/h3-9,11,16H,19H2,1-2H3. The number of ether oxygens (including phenoxy) is 1. The Morgan fingerprint density at radius 3 is 2.55 bits per heavy atom. The van der Waals surface area contributed by atoms with Crippen LogP contribution in [0.1, 0.15) is 24.2 Å². The highest BCUT2D eigenvalue weighted by Crippen LogP contribution is 2.27. The second kappa shape index (κ2) is 6.37. The molecule has 0 fully saturated rings. The molecule has 0 aromatic heterocycles. The van der Waals surface area contributed by atoms with Crippen LogP contribution in [0.3, 0.4) is 0 Å². The van der Waals surface area contributed by atoms with E-state index in [-0.39, 0.29) is 18.0 Å². The molecule has 0 saturated carbocycles.